The van der Waals surface area contributed by atoms with Crippen LogP contribution in [-0.4, -0.2) is 53.5 Å². The van der Waals surface area contributed by atoms with Crippen molar-refractivity contribution in [2.45, 2.75) is 71.1 Å². The molecule has 0 aromatic heterocycles. The summed E-state index contributed by atoms with van der Waals surface area (Å²) in [7, 11) is 1.41. The number of carbonyl (C=O) groups is 2. The van der Waals surface area contributed by atoms with E-state index >= 15 is 0 Å². The maximum atomic E-state index is 12.6. The summed E-state index contributed by atoms with van der Waals surface area (Å²) in [6.07, 6.45) is 2.31. The number of nitrogens with zero attached hydrogens (tertiary/aromatic N) is 1. The molecule has 1 spiro atoms. The van der Waals surface area contributed by atoms with Gasteiger partial charge in [0.1, 0.15) is 5.60 Å². The van der Waals surface area contributed by atoms with E-state index in [1.807, 2.05) is 4.90 Å². The predicted molar refractivity (Wildman–Crippen MR) is 94.2 cm³/mol. The molecule has 1 N–H and O–H groups in total. The number of methoxy groups -OCH3 is 1. The molecule has 0 aromatic rings. The van der Waals surface area contributed by atoms with Crippen LogP contribution in [0.25, 0.3) is 0 Å². The first-order chi connectivity index (χ1) is 12.2. The fourth-order valence-electron chi connectivity index (χ4n) is 7.58. The van der Waals surface area contributed by atoms with E-state index in [-0.39, 0.29) is 29.4 Å². The summed E-state index contributed by atoms with van der Waals surface area (Å²) in [5, 5.41) is 11.1. The lowest BCUT2D eigenvalue weighted by Crippen LogP contribution is -2.79. The summed E-state index contributed by atoms with van der Waals surface area (Å²) < 4.78 is 11.1. The Balaban J connectivity index is 1.85. The molecule has 1 amide bonds. The average Bonchev–Trinajstić information content (AvgIpc) is 2.99. The van der Waals surface area contributed by atoms with Crippen LogP contribution in [0.1, 0.15) is 53.4 Å². The number of esters is 1. The Labute approximate surface area is 155 Å². The van der Waals surface area contributed by atoms with Crippen molar-refractivity contribution in [3.8, 4) is 0 Å². The highest BCUT2D eigenvalue weighted by molar-refractivity contribution is 5.71. The molecule has 1 saturated heterocycles. The molecule has 1 aliphatic heterocycles. The molecule has 0 radical (unpaired) electrons. The van der Waals surface area contributed by atoms with E-state index in [0.717, 1.165) is 12.8 Å². The second-order valence-corrected chi connectivity index (χ2v) is 9.43. The molecule has 0 unspecified atom stereocenters. The van der Waals surface area contributed by atoms with Gasteiger partial charge < -0.3 is 19.5 Å². The molecule has 4 fully saturated rings. The standard InChI is InChI=1S/C20H31NO5/c1-11(2)13-8-14-18(4)15(9-13)21(17(24)25-5)10-19(18)16(23)6-7-20(14,19)26-12(3)22/h11,13-16,23H,6-10H2,1-5H3/t13-,14+,15-,16-,18+,19+,20+/m1/s1. The second kappa shape index (κ2) is 5.37. The third kappa shape index (κ3) is 1.73. The van der Waals surface area contributed by atoms with Crippen LogP contribution in [0.5, 0.6) is 0 Å². The first kappa shape index (κ1) is 18.1. The van der Waals surface area contributed by atoms with Gasteiger partial charge in [-0.15, -0.1) is 0 Å². The fourth-order valence-corrected chi connectivity index (χ4v) is 7.58. The van der Waals surface area contributed by atoms with Gasteiger partial charge >= 0.3 is 12.1 Å². The van der Waals surface area contributed by atoms with Crippen molar-refractivity contribution in [1.29, 1.82) is 0 Å². The first-order valence-electron chi connectivity index (χ1n) is 9.88. The van der Waals surface area contributed by atoms with Crippen molar-refractivity contribution < 1.29 is 24.2 Å². The van der Waals surface area contributed by atoms with Crippen LogP contribution in [0.15, 0.2) is 0 Å². The molecule has 26 heavy (non-hydrogen) atoms. The Morgan fingerprint density at radius 1 is 1.27 bits per heavy atom. The lowest BCUT2D eigenvalue weighted by atomic mass is 9.33. The Morgan fingerprint density at radius 2 is 1.96 bits per heavy atom. The van der Waals surface area contributed by atoms with Gasteiger partial charge in [0.05, 0.1) is 18.6 Å². The molecule has 6 nitrogen and oxygen atoms in total. The van der Waals surface area contributed by atoms with Crippen molar-refractivity contribution in [2.75, 3.05) is 13.7 Å². The topological polar surface area (TPSA) is 76.1 Å². The zero-order valence-corrected chi connectivity index (χ0v) is 16.4. The van der Waals surface area contributed by atoms with E-state index in [9.17, 15) is 14.7 Å². The quantitative estimate of drug-likeness (QED) is 0.761. The first-order valence-corrected chi connectivity index (χ1v) is 9.88. The van der Waals surface area contributed by atoms with E-state index in [1.54, 1.807) is 0 Å². The van der Waals surface area contributed by atoms with Crippen LogP contribution in [0.2, 0.25) is 0 Å². The molecule has 3 aliphatic carbocycles. The predicted octanol–water partition coefficient (Wildman–Crippen LogP) is 2.58. The molecule has 7 atom stereocenters. The van der Waals surface area contributed by atoms with Gasteiger partial charge in [0.2, 0.25) is 0 Å². The summed E-state index contributed by atoms with van der Waals surface area (Å²) in [5.74, 6) is 0.846. The average molecular weight is 365 g/mol. The van der Waals surface area contributed by atoms with Crippen LogP contribution in [0.4, 0.5) is 4.79 Å². The molecular weight excluding hydrogens is 334 g/mol. The lowest BCUT2D eigenvalue weighted by molar-refractivity contribution is -0.321. The number of hydrogen-bond acceptors (Lipinski definition) is 5. The third-order valence-electron chi connectivity index (χ3n) is 8.59. The van der Waals surface area contributed by atoms with E-state index < -0.39 is 17.1 Å². The molecule has 3 saturated carbocycles. The molecule has 146 valence electrons. The number of rotatable bonds is 2. The smallest absolute Gasteiger partial charge is 0.409 e. The number of aliphatic hydroxyl groups is 1. The highest BCUT2D eigenvalue weighted by atomic mass is 16.6. The van der Waals surface area contributed by atoms with Gasteiger partial charge in [-0.3, -0.25) is 4.79 Å². The minimum Gasteiger partial charge on any atom is -0.458 e. The van der Waals surface area contributed by atoms with Crippen LogP contribution >= 0.6 is 0 Å². The van der Waals surface area contributed by atoms with E-state index in [4.69, 9.17) is 9.47 Å². The molecule has 4 rings (SSSR count). The number of fused-ring (bicyclic) bond motifs is 1. The summed E-state index contributed by atoms with van der Waals surface area (Å²) in [5.41, 5.74) is -1.46. The maximum Gasteiger partial charge on any atom is 0.409 e. The van der Waals surface area contributed by atoms with Crippen LogP contribution in [0.3, 0.4) is 0 Å². The molecular formula is C20H31NO5. The van der Waals surface area contributed by atoms with Crippen molar-refractivity contribution in [2.24, 2.45) is 28.6 Å². The van der Waals surface area contributed by atoms with Gasteiger partial charge in [-0.2, -0.15) is 0 Å². The Morgan fingerprint density at radius 3 is 2.54 bits per heavy atom. The molecule has 1 heterocycles. The Kier molecular flexibility index (Phi) is 3.73. The summed E-state index contributed by atoms with van der Waals surface area (Å²) >= 11 is 0. The van der Waals surface area contributed by atoms with Crippen LogP contribution < -0.4 is 0 Å². The summed E-state index contributed by atoms with van der Waals surface area (Å²) in [6.45, 7) is 8.52. The normalized spacial score (nSPS) is 48.7. The number of carbonyl (C=O) groups excluding carboxylic acids is 2. The van der Waals surface area contributed by atoms with Gasteiger partial charge in [-0.05, 0) is 37.5 Å². The number of aliphatic hydroxyl groups excluding tert-OH is 1. The third-order valence-corrected chi connectivity index (χ3v) is 8.59. The van der Waals surface area contributed by atoms with Crippen molar-refractivity contribution in [3.63, 3.8) is 0 Å². The molecule has 6 heteroatoms. The second-order valence-electron chi connectivity index (χ2n) is 9.43. The van der Waals surface area contributed by atoms with Crippen molar-refractivity contribution in [3.05, 3.63) is 0 Å². The monoisotopic (exact) mass is 365 g/mol. The SMILES string of the molecule is COC(=O)N1C[C@@]23[C@H](O)CC[C@]2(OC(C)=O)[C@H]2C[C@@H](C(C)C)C[C@@H]1[C@]23C. The number of amides is 1. The molecule has 4 aliphatic rings. The zero-order chi connectivity index (χ0) is 19.1. The van der Waals surface area contributed by atoms with E-state index in [0.29, 0.717) is 31.2 Å². The van der Waals surface area contributed by atoms with Crippen molar-refractivity contribution in [1.82, 2.24) is 4.90 Å². The summed E-state index contributed by atoms with van der Waals surface area (Å²) in [6, 6.07) is 0.0255. The van der Waals surface area contributed by atoms with Gasteiger partial charge in [-0.25, -0.2) is 4.79 Å². The Bertz CT molecular complexity index is 650. The highest BCUT2D eigenvalue weighted by Gasteiger charge is 2.90. The number of ether oxygens (including phenoxy) is 2. The fraction of sp³-hybridized carbons (Fsp3) is 0.900. The van der Waals surface area contributed by atoms with Gasteiger partial charge in [-0.1, -0.05) is 20.8 Å². The minimum absolute atomic E-state index is 0.0255. The number of hydrogen-bond donors (Lipinski definition) is 1. The minimum atomic E-state index is -0.651. The lowest BCUT2D eigenvalue weighted by Gasteiger charge is -2.72. The van der Waals surface area contributed by atoms with E-state index in [1.165, 1.54) is 14.0 Å². The largest absolute Gasteiger partial charge is 0.458 e. The maximum absolute atomic E-state index is 12.6. The van der Waals surface area contributed by atoms with Crippen LogP contribution in [0, 0.1) is 28.6 Å². The zero-order valence-electron chi connectivity index (χ0n) is 16.4. The number of likely N-dealkylation sites (tertiary alicyclic amines) is 1. The molecule has 0 bridgehead atoms. The summed E-state index contributed by atoms with van der Waals surface area (Å²) in [4.78, 5) is 26.4. The van der Waals surface area contributed by atoms with Gasteiger partial charge in [0, 0.05) is 30.8 Å². The van der Waals surface area contributed by atoms with E-state index in [2.05, 4.69) is 20.8 Å². The van der Waals surface area contributed by atoms with Gasteiger partial charge in [0.15, 0.2) is 0 Å². The molecule has 0 aromatic carbocycles. The highest BCUT2D eigenvalue weighted by Crippen LogP contribution is 2.82. The van der Waals surface area contributed by atoms with Crippen LogP contribution in [-0.2, 0) is 14.3 Å². The van der Waals surface area contributed by atoms with Crippen molar-refractivity contribution >= 4 is 12.1 Å². The van der Waals surface area contributed by atoms with Gasteiger partial charge in [0.25, 0.3) is 0 Å². The Hall–Kier alpha value is -1.30.